The lowest BCUT2D eigenvalue weighted by Gasteiger charge is -2.12. The van der Waals surface area contributed by atoms with Crippen molar-refractivity contribution in [3.63, 3.8) is 0 Å². The van der Waals surface area contributed by atoms with Crippen LogP contribution in [0.2, 0.25) is 0 Å². The van der Waals surface area contributed by atoms with Crippen LogP contribution >= 0.6 is 11.8 Å². The molecule has 0 radical (unpaired) electrons. The second-order valence-electron chi connectivity index (χ2n) is 3.97. The molecule has 0 aliphatic heterocycles. The summed E-state index contributed by atoms with van der Waals surface area (Å²) < 4.78 is 12.9. The second kappa shape index (κ2) is 8.50. The van der Waals surface area contributed by atoms with Crippen LogP contribution < -0.4 is 5.32 Å². The van der Waals surface area contributed by atoms with E-state index in [1.165, 1.54) is 24.3 Å². The first kappa shape index (κ1) is 14.5. The molecule has 0 aliphatic carbocycles. The summed E-state index contributed by atoms with van der Waals surface area (Å²) in [7, 11) is 0. The maximum Gasteiger partial charge on any atom is 0.123 e. The van der Waals surface area contributed by atoms with Gasteiger partial charge in [0.05, 0.1) is 6.10 Å². The lowest BCUT2D eigenvalue weighted by atomic mass is 10.1. The number of aliphatic hydroxyl groups is 1. The quantitative estimate of drug-likeness (QED) is 0.702. The predicted molar refractivity (Wildman–Crippen MR) is 71.8 cm³/mol. The fourth-order valence-electron chi connectivity index (χ4n) is 1.57. The molecular weight excluding hydrogens is 237 g/mol. The number of nitrogens with one attached hydrogen (secondary N) is 1. The molecule has 1 atom stereocenters. The van der Waals surface area contributed by atoms with E-state index in [0.29, 0.717) is 12.1 Å². The van der Waals surface area contributed by atoms with Gasteiger partial charge < -0.3 is 10.4 Å². The zero-order chi connectivity index (χ0) is 12.5. The first-order valence-corrected chi connectivity index (χ1v) is 7.26. The third-order valence-electron chi connectivity index (χ3n) is 2.52. The molecule has 17 heavy (non-hydrogen) atoms. The summed E-state index contributed by atoms with van der Waals surface area (Å²) in [6.07, 6.45) is 3.76. The van der Waals surface area contributed by atoms with Crippen molar-refractivity contribution in [2.75, 3.05) is 25.1 Å². The van der Waals surface area contributed by atoms with Gasteiger partial charge in [0, 0.05) is 6.54 Å². The van der Waals surface area contributed by atoms with Gasteiger partial charge in [-0.05, 0) is 49.1 Å². The van der Waals surface area contributed by atoms with Gasteiger partial charge in [0.1, 0.15) is 5.82 Å². The molecule has 4 heteroatoms. The first-order valence-electron chi connectivity index (χ1n) is 5.87. The van der Waals surface area contributed by atoms with Crippen LogP contribution in [0.4, 0.5) is 4.39 Å². The summed E-state index contributed by atoms with van der Waals surface area (Å²) in [4.78, 5) is 0. The van der Waals surface area contributed by atoms with Crippen molar-refractivity contribution >= 4 is 11.8 Å². The monoisotopic (exact) mass is 257 g/mol. The first-order chi connectivity index (χ1) is 8.24. The van der Waals surface area contributed by atoms with Crippen LogP contribution in [0.1, 0.15) is 24.5 Å². The summed E-state index contributed by atoms with van der Waals surface area (Å²) >= 11 is 1.85. The lowest BCUT2D eigenvalue weighted by molar-refractivity contribution is 0.174. The van der Waals surface area contributed by atoms with Crippen LogP contribution in [0.15, 0.2) is 24.3 Å². The summed E-state index contributed by atoms with van der Waals surface area (Å²) in [6, 6.07) is 6.11. The van der Waals surface area contributed by atoms with Gasteiger partial charge in [0.25, 0.3) is 0 Å². The molecule has 1 rings (SSSR count). The van der Waals surface area contributed by atoms with E-state index < -0.39 is 6.10 Å². The highest BCUT2D eigenvalue weighted by Gasteiger charge is 2.07. The van der Waals surface area contributed by atoms with E-state index in [-0.39, 0.29) is 5.82 Å². The highest BCUT2D eigenvalue weighted by atomic mass is 32.2. The topological polar surface area (TPSA) is 32.3 Å². The molecule has 96 valence electrons. The maximum absolute atomic E-state index is 12.9. The van der Waals surface area contributed by atoms with Gasteiger partial charge in [0.2, 0.25) is 0 Å². The molecule has 2 nitrogen and oxygen atoms in total. The Labute approximate surface area is 107 Å². The van der Waals surface area contributed by atoms with Crippen molar-refractivity contribution in [1.82, 2.24) is 5.32 Å². The summed E-state index contributed by atoms with van der Waals surface area (Å²) in [6.45, 7) is 1.37. The number of thioether (sulfide) groups is 1. The summed E-state index contributed by atoms with van der Waals surface area (Å²) in [5.41, 5.74) is 0.626. The highest BCUT2D eigenvalue weighted by molar-refractivity contribution is 7.98. The Morgan fingerprint density at radius 1 is 1.41 bits per heavy atom. The Morgan fingerprint density at radius 2 is 2.24 bits per heavy atom. The fraction of sp³-hybridized carbons (Fsp3) is 0.538. The Hall–Kier alpha value is -0.580. The van der Waals surface area contributed by atoms with E-state index in [9.17, 15) is 9.50 Å². The molecule has 0 spiro atoms. The largest absolute Gasteiger partial charge is 0.387 e. The van der Waals surface area contributed by atoms with E-state index in [2.05, 4.69) is 11.6 Å². The highest BCUT2D eigenvalue weighted by Crippen LogP contribution is 2.12. The van der Waals surface area contributed by atoms with Crippen LogP contribution in [0.3, 0.4) is 0 Å². The van der Waals surface area contributed by atoms with E-state index in [1.54, 1.807) is 12.1 Å². The van der Waals surface area contributed by atoms with Crippen molar-refractivity contribution in [1.29, 1.82) is 0 Å². The number of benzene rings is 1. The van der Waals surface area contributed by atoms with Crippen molar-refractivity contribution in [3.05, 3.63) is 35.6 Å². The van der Waals surface area contributed by atoms with E-state index in [0.717, 1.165) is 13.0 Å². The third-order valence-corrected chi connectivity index (χ3v) is 3.22. The number of hydrogen-bond acceptors (Lipinski definition) is 3. The number of rotatable bonds is 8. The van der Waals surface area contributed by atoms with E-state index in [4.69, 9.17) is 0 Å². The second-order valence-corrected chi connectivity index (χ2v) is 4.96. The van der Waals surface area contributed by atoms with Gasteiger partial charge in [0.15, 0.2) is 0 Å². The van der Waals surface area contributed by atoms with Crippen molar-refractivity contribution < 1.29 is 9.50 Å². The van der Waals surface area contributed by atoms with E-state index in [1.807, 2.05) is 11.8 Å². The minimum absolute atomic E-state index is 0.304. The Balaban J connectivity index is 2.19. The Bertz CT molecular complexity index is 322. The van der Waals surface area contributed by atoms with Gasteiger partial charge in [-0.1, -0.05) is 12.1 Å². The summed E-state index contributed by atoms with van der Waals surface area (Å²) in [5, 5.41) is 13.0. The van der Waals surface area contributed by atoms with Crippen LogP contribution in [-0.2, 0) is 0 Å². The van der Waals surface area contributed by atoms with Crippen LogP contribution in [0.5, 0.6) is 0 Å². The van der Waals surface area contributed by atoms with Crippen LogP contribution in [0, 0.1) is 5.82 Å². The minimum atomic E-state index is -0.633. The number of unbranched alkanes of at least 4 members (excludes halogenated alkanes) is 1. The molecule has 0 saturated heterocycles. The standard InChI is InChI=1S/C13H20FNOS/c1-17-8-3-2-7-15-10-13(16)11-5-4-6-12(14)9-11/h4-6,9,13,15-16H,2-3,7-8,10H2,1H3. The van der Waals surface area contributed by atoms with Crippen molar-refractivity contribution in [2.24, 2.45) is 0 Å². The summed E-state index contributed by atoms with van der Waals surface area (Å²) in [5.74, 6) is 0.871. The zero-order valence-electron chi connectivity index (χ0n) is 10.2. The van der Waals surface area contributed by atoms with Crippen LogP contribution in [0.25, 0.3) is 0 Å². The average Bonchev–Trinajstić information content (AvgIpc) is 2.33. The normalized spacial score (nSPS) is 12.6. The Morgan fingerprint density at radius 3 is 2.94 bits per heavy atom. The maximum atomic E-state index is 12.9. The van der Waals surface area contributed by atoms with Gasteiger partial charge in [-0.3, -0.25) is 0 Å². The molecule has 1 unspecified atom stereocenters. The molecule has 0 heterocycles. The molecule has 0 fully saturated rings. The molecule has 0 saturated carbocycles. The Kier molecular flexibility index (Phi) is 7.24. The van der Waals surface area contributed by atoms with Gasteiger partial charge in [-0.15, -0.1) is 0 Å². The van der Waals surface area contributed by atoms with Crippen LogP contribution in [-0.4, -0.2) is 30.2 Å². The van der Waals surface area contributed by atoms with Crippen molar-refractivity contribution in [3.8, 4) is 0 Å². The SMILES string of the molecule is CSCCCCNCC(O)c1cccc(F)c1. The molecule has 1 aromatic carbocycles. The molecule has 1 aromatic rings. The van der Waals surface area contributed by atoms with Gasteiger partial charge >= 0.3 is 0 Å². The molecule has 0 bridgehead atoms. The molecule has 0 amide bonds. The minimum Gasteiger partial charge on any atom is -0.387 e. The van der Waals surface area contributed by atoms with Gasteiger partial charge in [-0.2, -0.15) is 11.8 Å². The average molecular weight is 257 g/mol. The number of aliphatic hydroxyl groups excluding tert-OH is 1. The zero-order valence-corrected chi connectivity index (χ0v) is 11.0. The predicted octanol–water partition coefficient (Wildman–Crippen LogP) is 2.59. The molecule has 0 aromatic heterocycles. The molecular formula is C13H20FNOS. The molecule has 2 N–H and O–H groups in total. The molecule has 0 aliphatic rings. The van der Waals surface area contributed by atoms with Crippen molar-refractivity contribution in [2.45, 2.75) is 18.9 Å². The number of halogens is 1. The number of hydrogen-bond donors (Lipinski definition) is 2. The fourth-order valence-corrected chi connectivity index (χ4v) is 2.06. The van der Waals surface area contributed by atoms with Gasteiger partial charge in [-0.25, -0.2) is 4.39 Å². The smallest absolute Gasteiger partial charge is 0.123 e. The third kappa shape index (κ3) is 6.05. The van der Waals surface area contributed by atoms with E-state index >= 15 is 0 Å². The lowest BCUT2D eigenvalue weighted by Crippen LogP contribution is -2.22.